The zero-order valence-corrected chi connectivity index (χ0v) is 4.73. The van der Waals surface area contributed by atoms with Crippen LogP contribution in [-0.2, 0) is 9.59 Å². The predicted molar refractivity (Wildman–Crippen MR) is 27.6 cm³/mol. The maximum atomic E-state index is 11.9. The van der Waals surface area contributed by atoms with Crippen LogP contribution in [0.15, 0.2) is 11.7 Å². The lowest BCUT2D eigenvalue weighted by Crippen LogP contribution is -2.18. The minimum Gasteiger partial charge on any atom is -0.364 e. The highest BCUT2D eigenvalue weighted by atomic mass is 19.2. The van der Waals surface area contributed by atoms with Crippen LogP contribution in [-0.4, -0.2) is 11.8 Å². The highest BCUT2D eigenvalue weighted by Crippen LogP contribution is 2.05. The molecule has 4 N–H and O–H groups in total. The molecule has 0 atom stereocenters. The molecule has 0 saturated heterocycles. The molecule has 0 rings (SSSR count). The van der Waals surface area contributed by atoms with Gasteiger partial charge in [-0.25, -0.2) is 0 Å². The Labute approximate surface area is 54.5 Å². The van der Waals surface area contributed by atoms with Crippen LogP contribution in [0.5, 0.6) is 0 Å². The number of carbonyl (C=O) groups is 2. The highest BCUT2D eigenvalue weighted by Gasteiger charge is 2.16. The molecule has 0 aromatic heterocycles. The minimum absolute atomic E-state index is 1.66. The van der Waals surface area contributed by atoms with E-state index in [9.17, 15) is 18.4 Å². The number of primary amides is 2. The summed E-state index contributed by atoms with van der Waals surface area (Å²) in [5, 5.41) is 0. The Morgan fingerprint density at radius 2 is 1.10 bits per heavy atom. The molecule has 6 heteroatoms. The monoisotopic (exact) mass is 150 g/mol. The Morgan fingerprint density at radius 3 is 1.20 bits per heavy atom. The molecule has 2 amide bonds. The molecule has 0 aromatic rings. The first kappa shape index (κ1) is 8.54. The van der Waals surface area contributed by atoms with Crippen molar-refractivity contribution in [3.8, 4) is 0 Å². The van der Waals surface area contributed by atoms with Gasteiger partial charge in [0.05, 0.1) is 0 Å². The van der Waals surface area contributed by atoms with Crippen molar-refractivity contribution in [3.05, 3.63) is 11.7 Å². The average Bonchev–Trinajstić information content (AvgIpc) is 1.84. The van der Waals surface area contributed by atoms with Gasteiger partial charge in [0.15, 0.2) is 0 Å². The van der Waals surface area contributed by atoms with Crippen LogP contribution in [0.2, 0.25) is 0 Å². The maximum absolute atomic E-state index is 11.9. The van der Waals surface area contributed by atoms with Crippen molar-refractivity contribution in [3.63, 3.8) is 0 Å². The third-order valence-electron chi connectivity index (χ3n) is 0.625. The van der Waals surface area contributed by atoms with Crippen molar-refractivity contribution in [2.75, 3.05) is 0 Å². The van der Waals surface area contributed by atoms with Gasteiger partial charge in [-0.3, -0.25) is 9.59 Å². The molecule has 10 heavy (non-hydrogen) atoms. The molecule has 0 aromatic carbocycles. The van der Waals surface area contributed by atoms with E-state index in [0.29, 0.717) is 0 Å². The lowest BCUT2D eigenvalue weighted by Gasteiger charge is -1.89. The van der Waals surface area contributed by atoms with E-state index in [2.05, 4.69) is 11.5 Å². The van der Waals surface area contributed by atoms with E-state index in [4.69, 9.17) is 0 Å². The van der Waals surface area contributed by atoms with Gasteiger partial charge in [0.2, 0.25) is 11.7 Å². The molecule has 0 saturated carbocycles. The van der Waals surface area contributed by atoms with Crippen LogP contribution in [0.3, 0.4) is 0 Å². The summed E-state index contributed by atoms with van der Waals surface area (Å²) in [5.74, 6) is -7.22. The summed E-state index contributed by atoms with van der Waals surface area (Å²) in [6.45, 7) is 0. The SMILES string of the molecule is NC(=O)C(F)=C(F)C(N)=O. The number of nitrogens with two attached hydrogens (primary N) is 2. The van der Waals surface area contributed by atoms with E-state index >= 15 is 0 Å². The molecule has 0 aliphatic heterocycles. The number of rotatable bonds is 2. The van der Waals surface area contributed by atoms with Crippen LogP contribution >= 0.6 is 0 Å². The fraction of sp³-hybridized carbons (Fsp3) is 0. The Balaban J connectivity index is 4.67. The molecule has 0 aliphatic rings. The fourth-order valence-electron chi connectivity index (χ4n) is 0.216. The first-order chi connectivity index (χ1) is 4.46. The second-order valence-corrected chi connectivity index (χ2v) is 1.36. The smallest absolute Gasteiger partial charge is 0.280 e. The van der Waals surface area contributed by atoms with Gasteiger partial charge in [0, 0.05) is 0 Å². The Morgan fingerprint density at radius 1 is 0.900 bits per heavy atom. The zero-order valence-electron chi connectivity index (χ0n) is 4.73. The van der Waals surface area contributed by atoms with Gasteiger partial charge < -0.3 is 11.5 Å². The van der Waals surface area contributed by atoms with Crippen LogP contribution in [0.25, 0.3) is 0 Å². The Kier molecular flexibility index (Phi) is 2.48. The molecular formula is C4H4F2N2O2. The minimum atomic E-state index is -1.95. The van der Waals surface area contributed by atoms with Gasteiger partial charge in [-0.2, -0.15) is 8.78 Å². The molecule has 0 unspecified atom stereocenters. The summed E-state index contributed by atoms with van der Waals surface area (Å²) < 4.78 is 23.8. The number of hydrogen-bond acceptors (Lipinski definition) is 2. The van der Waals surface area contributed by atoms with Crippen LogP contribution in [0.4, 0.5) is 8.78 Å². The molecule has 0 heterocycles. The standard InChI is InChI=1S/C4H4F2N2O2/c5-1(3(7)9)2(6)4(8)10/h(H2,7,9)(H2,8,10). The molecule has 0 spiro atoms. The fourth-order valence-corrected chi connectivity index (χ4v) is 0.216. The van der Waals surface area contributed by atoms with Gasteiger partial charge in [-0.05, 0) is 0 Å². The normalized spacial score (nSPS) is 12.2. The second-order valence-electron chi connectivity index (χ2n) is 1.36. The molecular weight excluding hydrogens is 146 g/mol. The maximum Gasteiger partial charge on any atom is 0.280 e. The van der Waals surface area contributed by atoms with Crippen LogP contribution in [0, 0.1) is 0 Å². The molecule has 0 radical (unpaired) electrons. The summed E-state index contributed by atoms with van der Waals surface area (Å²) >= 11 is 0. The summed E-state index contributed by atoms with van der Waals surface area (Å²) in [6.07, 6.45) is 0. The number of carbonyl (C=O) groups excluding carboxylic acids is 2. The summed E-state index contributed by atoms with van der Waals surface area (Å²) in [7, 11) is 0. The van der Waals surface area contributed by atoms with Crippen LogP contribution in [0.1, 0.15) is 0 Å². The summed E-state index contributed by atoms with van der Waals surface area (Å²) in [4.78, 5) is 19.6. The van der Waals surface area contributed by atoms with Gasteiger partial charge in [-0.15, -0.1) is 0 Å². The third-order valence-corrected chi connectivity index (χ3v) is 0.625. The first-order valence-corrected chi connectivity index (χ1v) is 2.11. The molecule has 0 bridgehead atoms. The number of hydrogen-bond donors (Lipinski definition) is 2. The van der Waals surface area contributed by atoms with Crippen molar-refractivity contribution in [1.82, 2.24) is 0 Å². The van der Waals surface area contributed by atoms with E-state index in [1.807, 2.05) is 0 Å². The van der Waals surface area contributed by atoms with Gasteiger partial charge >= 0.3 is 0 Å². The number of amides is 2. The van der Waals surface area contributed by atoms with Crippen molar-refractivity contribution >= 4 is 11.8 Å². The van der Waals surface area contributed by atoms with Crippen LogP contribution < -0.4 is 11.5 Å². The van der Waals surface area contributed by atoms with Gasteiger partial charge in [0.1, 0.15) is 0 Å². The zero-order chi connectivity index (χ0) is 8.31. The van der Waals surface area contributed by atoms with Crippen molar-refractivity contribution < 1.29 is 18.4 Å². The van der Waals surface area contributed by atoms with Crippen molar-refractivity contribution in [2.45, 2.75) is 0 Å². The molecule has 0 aliphatic carbocycles. The number of halogens is 2. The van der Waals surface area contributed by atoms with E-state index < -0.39 is 23.5 Å². The lowest BCUT2D eigenvalue weighted by molar-refractivity contribution is -0.119. The van der Waals surface area contributed by atoms with E-state index in [1.54, 1.807) is 0 Å². The second kappa shape index (κ2) is 2.90. The van der Waals surface area contributed by atoms with Gasteiger partial charge in [-0.1, -0.05) is 0 Å². The lowest BCUT2D eigenvalue weighted by atomic mass is 10.4. The molecule has 56 valence electrons. The van der Waals surface area contributed by atoms with E-state index in [1.165, 1.54) is 0 Å². The topological polar surface area (TPSA) is 86.2 Å². The third kappa shape index (κ3) is 1.81. The molecule has 0 fully saturated rings. The Bertz CT molecular complexity index is 189. The quantitative estimate of drug-likeness (QED) is 0.500. The van der Waals surface area contributed by atoms with E-state index in [-0.39, 0.29) is 0 Å². The van der Waals surface area contributed by atoms with Crippen molar-refractivity contribution in [2.24, 2.45) is 11.5 Å². The average molecular weight is 150 g/mol. The predicted octanol–water partition coefficient (Wildman–Crippen LogP) is -0.892. The highest BCUT2D eigenvalue weighted by molar-refractivity contribution is 6.00. The summed E-state index contributed by atoms with van der Waals surface area (Å²) in [5.41, 5.74) is 8.51. The Hall–Kier alpha value is -1.46. The van der Waals surface area contributed by atoms with Gasteiger partial charge in [0.25, 0.3) is 11.8 Å². The van der Waals surface area contributed by atoms with Crippen molar-refractivity contribution in [1.29, 1.82) is 0 Å². The van der Waals surface area contributed by atoms with E-state index in [0.717, 1.165) is 0 Å². The largest absolute Gasteiger partial charge is 0.364 e. The first-order valence-electron chi connectivity index (χ1n) is 2.11. The summed E-state index contributed by atoms with van der Waals surface area (Å²) in [6, 6.07) is 0. The molecule has 4 nitrogen and oxygen atoms in total.